The number of nitrogens with two attached hydrogens (primary N) is 1. The number of hydrogen-bond acceptors (Lipinski definition) is 5. The molecule has 0 aromatic heterocycles. The van der Waals surface area contributed by atoms with Gasteiger partial charge in [-0.2, -0.15) is 0 Å². The van der Waals surface area contributed by atoms with Crippen LogP contribution in [0.5, 0.6) is 17.2 Å². The highest BCUT2D eigenvalue weighted by atomic mass is 19.1. The third kappa shape index (κ3) is 5.16. The van der Waals surface area contributed by atoms with Gasteiger partial charge in [-0.3, -0.25) is 5.73 Å². The normalized spacial score (nSPS) is 14.9. The first kappa shape index (κ1) is 22.6. The van der Waals surface area contributed by atoms with Gasteiger partial charge in [-0.05, 0) is 60.9 Å². The van der Waals surface area contributed by atoms with Crippen LogP contribution in [0.15, 0.2) is 72.8 Å². The predicted molar refractivity (Wildman–Crippen MR) is 118 cm³/mol. The highest BCUT2D eigenvalue weighted by Crippen LogP contribution is 2.38. The summed E-state index contributed by atoms with van der Waals surface area (Å²) in [5.74, 6) is 0.660. The second-order valence-corrected chi connectivity index (χ2v) is 7.44. The van der Waals surface area contributed by atoms with E-state index in [1.54, 1.807) is 27.2 Å². The lowest BCUT2D eigenvalue weighted by Crippen LogP contribution is -2.59. The van der Waals surface area contributed by atoms with E-state index in [2.05, 4.69) is 0 Å². The van der Waals surface area contributed by atoms with Gasteiger partial charge in [0.05, 0.1) is 14.2 Å². The molecule has 0 aliphatic heterocycles. The van der Waals surface area contributed by atoms with Gasteiger partial charge in [-0.15, -0.1) is 0 Å². The number of methoxy groups -OCH3 is 2. The minimum absolute atomic E-state index is 0.364. The van der Waals surface area contributed by atoms with Gasteiger partial charge in [0.25, 0.3) is 0 Å². The first-order valence-electron chi connectivity index (χ1n) is 10.0. The molecule has 164 valence electrons. The van der Waals surface area contributed by atoms with Gasteiger partial charge < -0.3 is 19.3 Å². The van der Waals surface area contributed by atoms with Crippen LogP contribution in [0.1, 0.15) is 24.0 Å². The van der Waals surface area contributed by atoms with Crippen LogP contribution in [0.2, 0.25) is 0 Å². The molecule has 31 heavy (non-hydrogen) atoms. The van der Waals surface area contributed by atoms with Gasteiger partial charge in [0, 0.05) is 5.92 Å². The quantitative estimate of drug-likeness (QED) is 0.501. The van der Waals surface area contributed by atoms with Gasteiger partial charge >= 0.3 is 0 Å². The number of halogens is 1. The Labute approximate surface area is 182 Å². The molecule has 3 unspecified atom stereocenters. The molecule has 0 aliphatic carbocycles. The van der Waals surface area contributed by atoms with Crippen LogP contribution in [-0.2, 0) is 6.42 Å². The van der Waals surface area contributed by atoms with E-state index in [1.165, 1.54) is 24.3 Å². The smallest absolute Gasteiger partial charge is 0.191 e. The van der Waals surface area contributed by atoms with E-state index in [9.17, 15) is 9.50 Å². The first-order valence-corrected chi connectivity index (χ1v) is 10.0. The number of aliphatic hydroxyl groups is 1. The zero-order valence-electron chi connectivity index (χ0n) is 17.9. The maximum absolute atomic E-state index is 13.4. The van der Waals surface area contributed by atoms with Crippen molar-refractivity contribution in [1.82, 2.24) is 0 Å². The molecule has 6 heteroatoms. The fourth-order valence-electron chi connectivity index (χ4n) is 3.61. The molecule has 0 saturated heterocycles. The van der Waals surface area contributed by atoms with Crippen molar-refractivity contribution >= 4 is 0 Å². The van der Waals surface area contributed by atoms with Gasteiger partial charge in [-0.25, -0.2) is 4.39 Å². The van der Waals surface area contributed by atoms with Gasteiger partial charge in [0.1, 0.15) is 17.7 Å². The fourth-order valence-corrected chi connectivity index (χ4v) is 3.61. The highest BCUT2D eigenvalue weighted by molar-refractivity contribution is 5.45. The third-order valence-corrected chi connectivity index (χ3v) is 5.40. The molecule has 5 nitrogen and oxygen atoms in total. The lowest BCUT2D eigenvalue weighted by atomic mass is 9.80. The molecule has 3 aromatic carbocycles. The number of benzene rings is 3. The molecule has 3 atom stereocenters. The molecule has 0 spiro atoms. The van der Waals surface area contributed by atoms with Crippen LogP contribution in [0, 0.1) is 5.82 Å². The van der Waals surface area contributed by atoms with Crippen LogP contribution in [0.3, 0.4) is 0 Å². The van der Waals surface area contributed by atoms with Crippen LogP contribution in [-0.4, -0.2) is 31.2 Å². The molecule has 0 fully saturated rings. The molecule has 0 bridgehead atoms. The summed E-state index contributed by atoms with van der Waals surface area (Å²) in [6.07, 6.45) is -0.543. The maximum Gasteiger partial charge on any atom is 0.191 e. The summed E-state index contributed by atoms with van der Waals surface area (Å²) in [4.78, 5) is 0. The van der Waals surface area contributed by atoms with Crippen LogP contribution in [0.4, 0.5) is 4.39 Å². The van der Waals surface area contributed by atoms with Crippen LogP contribution >= 0.6 is 0 Å². The Bertz CT molecular complexity index is 979. The summed E-state index contributed by atoms with van der Waals surface area (Å²) in [5, 5.41) is 10.7. The lowest BCUT2D eigenvalue weighted by molar-refractivity contribution is -0.0606. The molecule has 3 aromatic rings. The monoisotopic (exact) mass is 425 g/mol. The predicted octanol–water partition coefficient (Wildman–Crippen LogP) is 4.28. The Morgan fingerprint density at radius 1 is 0.935 bits per heavy atom. The molecule has 0 aliphatic rings. The molecule has 0 amide bonds. The Morgan fingerprint density at radius 3 is 2.16 bits per heavy atom. The molecular weight excluding hydrogens is 397 g/mol. The van der Waals surface area contributed by atoms with Crippen LogP contribution < -0.4 is 19.9 Å². The Hall–Kier alpha value is -3.09. The average Bonchev–Trinajstić information content (AvgIpc) is 2.79. The second kappa shape index (κ2) is 9.81. The van der Waals surface area contributed by atoms with E-state index < -0.39 is 17.7 Å². The molecule has 3 N–H and O–H groups in total. The summed E-state index contributed by atoms with van der Waals surface area (Å²) in [6.45, 7) is 1.59. The summed E-state index contributed by atoms with van der Waals surface area (Å²) >= 11 is 0. The number of rotatable bonds is 9. The average molecular weight is 426 g/mol. The maximum atomic E-state index is 13.4. The Morgan fingerprint density at radius 2 is 1.58 bits per heavy atom. The first-order chi connectivity index (χ1) is 14.9. The number of ether oxygens (including phenoxy) is 3. The Kier molecular flexibility index (Phi) is 7.15. The lowest BCUT2D eigenvalue weighted by Gasteiger charge is -2.40. The van der Waals surface area contributed by atoms with Gasteiger partial charge in [0.2, 0.25) is 0 Å². The van der Waals surface area contributed by atoms with E-state index in [0.717, 1.165) is 11.1 Å². The van der Waals surface area contributed by atoms with E-state index in [-0.39, 0.29) is 5.82 Å². The van der Waals surface area contributed by atoms with E-state index >= 15 is 0 Å². The summed E-state index contributed by atoms with van der Waals surface area (Å²) < 4.78 is 30.3. The number of aliphatic hydroxyl groups excluding tert-OH is 1. The van der Waals surface area contributed by atoms with Crippen molar-refractivity contribution < 1.29 is 23.7 Å². The van der Waals surface area contributed by atoms with E-state index in [4.69, 9.17) is 19.9 Å². The zero-order chi connectivity index (χ0) is 22.4. The molecule has 0 radical (unpaired) electrons. The van der Waals surface area contributed by atoms with Crippen molar-refractivity contribution in [1.29, 1.82) is 0 Å². The third-order valence-electron chi connectivity index (χ3n) is 5.40. The van der Waals surface area contributed by atoms with E-state index in [0.29, 0.717) is 23.7 Å². The van der Waals surface area contributed by atoms with Crippen molar-refractivity contribution in [3.8, 4) is 17.2 Å². The van der Waals surface area contributed by atoms with Crippen molar-refractivity contribution in [3.05, 3.63) is 89.7 Å². The van der Waals surface area contributed by atoms with Crippen molar-refractivity contribution in [2.45, 2.75) is 31.1 Å². The summed E-state index contributed by atoms with van der Waals surface area (Å²) in [5.41, 5.74) is 7.09. The van der Waals surface area contributed by atoms with E-state index in [1.807, 2.05) is 42.5 Å². The molecule has 0 heterocycles. The standard InChI is InChI=1S/C25H28FNO4/c1-17(28)25(27,31-21-12-10-20(26)11-13-21)22(15-18-7-5-4-6-8-18)19-9-14-23(29-2)24(16-19)30-3/h4-14,16-17,22,28H,15,27H2,1-3H3. The van der Waals surface area contributed by atoms with Crippen LogP contribution in [0.25, 0.3) is 0 Å². The Balaban J connectivity index is 2.08. The SMILES string of the molecule is COc1ccc(C(Cc2ccccc2)C(N)(Oc2ccc(F)cc2)C(C)O)cc1OC. The van der Waals surface area contributed by atoms with Gasteiger partial charge in [0.15, 0.2) is 17.2 Å². The molecule has 0 saturated carbocycles. The fraction of sp³-hybridized carbons (Fsp3) is 0.280. The summed E-state index contributed by atoms with van der Waals surface area (Å²) in [6, 6.07) is 20.9. The van der Waals surface area contributed by atoms with Crippen molar-refractivity contribution in [2.75, 3.05) is 14.2 Å². The zero-order valence-corrected chi connectivity index (χ0v) is 17.9. The largest absolute Gasteiger partial charge is 0.493 e. The molecular formula is C25H28FNO4. The topological polar surface area (TPSA) is 73.9 Å². The highest BCUT2D eigenvalue weighted by Gasteiger charge is 2.43. The minimum atomic E-state index is -1.51. The van der Waals surface area contributed by atoms with Crippen molar-refractivity contribution in [2.24, 2.45) is 5.73 Å². The second-order valence-electron chi connectivity index (χ2n) is 7.44. The van der Waals surface area contributed by atoms with Gasteiger partial charge in [-0.1, -0.05) is 36.4 Å². The number of hydrogen-bond donors (Lipinski definition) is 2. The minimum Gasteiger partial charge on any atom is -0.493 e. The summed E-state index contributed by atoms with van der Waals surface area (Å²) in [7, 11) is 3.13. The molecule has 3 rings (SSSR count). The van der Waals surface area contributed by atoms with Crippen molar-refractivity contribution in [3.63, 3.8) is 0 Å².